The standard InChI is InChI=1S/C25H26N4O5S/c1-28(2)11-12-29(13-22(30)31)23(32)21-15-35-24(26-21)27-25(33)34-14-20-18-9-5-3-7-16(18)17-8-4-6-10-19(17)20/h3-10,15,20H,11-14H2,1-2H3,(H,30,31)(H,26,27,33). The fraction of sp³-hybridized carbons (Fsp3) is 0.280. The number of ether oxygens (including phenoxy) is 1. The Morgan fingerprint density at radius 2 is 1.66 bits per heavy atom. The first kappa shape index (κ1) is 24.4. The fourth-order valence-corrected chi connectivity index (χ4v) is 4.72. The van der Waals surface area contributed by atoms with Gasteiger partial charge in [0.25, 0.3) is 5.91 Å². The van der Waals surface area contributed by atoms with Crippen LogP contribution in [-0.2, 0) is 9.53 Å². The van der Waals surface area contributed by atoms with Crippen LogP contribution < -0.4 is 5.32 Å². The van der Waals surface area contributed by atoms with Gasteiger partial charge in [-0.3, -0.25) is 14.9 Å². The van der Waals surface area contributed by atoms with Crippen molar-refractivity contribution in [1.82, 2.24) is 14.8 Å². The maximum Gasteiger partial charge on any atom is 0.413 e. The van der Waals surface area contributed by atoms with E-state index in [0.29, 0.717) is 6.54 Å². The number of aliphatic carboxylic acids is 1. The molecule has 1 heterocycles. The van der Waals surface area contributed by atoms with Crippen LogP contribution >= 0.6 is 11.3 Å². The van der Waals surface area contributed by atoms with E-state index in [1.165, 1.54) is 10.3 Å². The number of anilines is 1. The Bertz CT molecular complexity index is 1200. The molecule has 2 N–H and O–H groups in total. The third-order valence-corrected chi connectivity index (χ3v) is 6.46. The van der Waals surface area contributed by atoms with Gasteiger partial charge in [0.1, 0.15) is 18.8 Å². The lowest BCUT2D eigenvalue weighted by atomic mass is 9.98. The van der Waals surface area contributed by atoms with Crippen LogP contribution in [0.2, 0.25) is 0 Å². The Morgan fingerprint density at radius 3 is 2.26 bits per heavy atom. The summed E-state index contributed by atoms with van der Waals surface area (Å²) in [5.41, 5.74) is 4.57. The Balaban J connectivity index is 1.38. The maximum absolute atomic E-state index is 12.8. The molecule has 9 nitrogen and oxygen atoms in total. The lowest BCUT2D eigenvalue weighted by Gasteiger charge is -2.21. The molecule has 1 aliphatic rings. The topological polar surface area (TPSA) is 112 Å². The van der Waals surface area contributed by atoms with Crippen LogP contribution in [-0.4, -0.2) is 78.2 Å². The summed E-state index contributed by atoms with van der Waals surface area (Å²) in [6.07, 6.45) is -0.671. The van der Waals surface area contributed by atoms with E-state index in [1.807, 2.05) is 55.4 Å². The number of carbonyl (C=O) groups excluding carboxylic acids is 2. The molecule has 4 rings (SSSR count). The zero-order chi connectivity index (χ0) is 24.9. The second-order valence-corrected chi connectivity index (χ2v) is 9.27. The van der Waals surface area contributed by atoms with Gasteiger partial charge in [-0.1, -0.05) is 48.5 Å². The molecule has 0 bridgehead atoms. The number of fused-ring (bicyclic) bond motifs is 3. The lowest BCUT2D eigenvalue weighted by molar-refractivity contribution is -0.137. The highest BCUT2D eigenvalue weighted by molar-refractivity contribution is 7.14. The highest BCUT2D eigenvalue weighted by Crippen LogP contribution is 2.44. The van der Waals surface area contributed by atoms with Crippen molar-refractivity contribution in [1.29, 1.82) is 0 Å². The second-order valence-electron chi connectivity index (χ2n) is 8.41. The number of carboxylic acid groups (broad SMARTS) is 1. The number of amides is 2. The molecule has 0 aliphatic heterocycles. The SMILES string of the molecule is CN(C)CCN(CC(=O)O)C(=O)c1csc(NC(=O)OCC2c3ccccc3-c3ccccc32)n1. The number of rotatable bonds is 9. The largest absolute Gasteiger partial charge is 0.480 e. The third kappa shape index (κ3) is 5.67. The summed E-state index contributed by atoms with van der Waals surface area (Å²) in [7, 11) is 3.67. The number of benzene rings is 2. The average Bonchev–Trinajstić information content (AvgIpc) is 3.42. The maximum atomic E-state index is 12.8. The molecule has 0 saturated carbocycles. The van der Waals surface area contributed by atoms with Crippen molar-refractivity contribution in [2.24, 2.45) is 0 Å². The number of carbonyl (C=O) groups is 3. The molecular formula is C25H26N4O5S. The molecule has 35 heavy (non-hydrogen) atoms. The molecule has 2 aromatic carbocycles. The summed E-state index contributed by atoms with van der Waals surface area (Å²) in [6, 6.07) is 16.1. The molecule has 0 spiro atoms. The Kier molecular flexibility index (Phi) is 7.42. The van der Waals surface area contributed by atoms with Gasteiger partial charge in [0.05, 0.1) is 0 Å². The first-order chi connectivity index (χ1) is 16.8. The molecule has 1 aliphatic carbocycles. The third-order valence-electron chi connectivity index (χ3n) is 5.71. The van der Waals surface area contributed by atoms with Gasteiger partial charge in [-0.25, -0.2) is 9.78 Å². The molecule has 0 saturated heterocycles. The Morgan fingerprint density at radius 1 is 1.03 bits per heavy atom. The van der Waals surface area contributed by atoms with E-state index < -0.39 is 24.5 Å². The predicted molar refractivity (Wildman–Crippen MR) is 133 cm³/mol. The van der Waals surface area contributed by atoms with Crippen molar-refractivity contribution in [3.05, 3.63) is 70.7 Å². The van der Waals surface area contributed by atoms with Crippen molar-refractivity contribution in [3.8, 4) is 11.1 Å². The van der Waals surface area contributed by atoms with E-state index in [1.54, 1.807) is 0 Å². The fourth-order valence-electron chi connectivity index (χ4n) is 4.05. The number of carboxylic acids is 1. The smallest absolute Gasteiger partial charge is 0.413 e. The van der Waals surface area contributed by atoms with Gasteiger partial charge in [-0.15, -0.1) is 11.3 Å². The molecule has 1 aromatic heterocycles. The normalized spacial score (nSPS) is 12.2. The minimum Gasteiger partial charge on any atom is -0.480 e. The number of thiazole rings is 1. The number of nitrogens with one attached hydrogen (secondary N) is 1. The summed E-state index contributed by atoms with van der Waals surface area (Å²) in [5.74, 6) is -1.68. The zero-order valence-corrected chi connectivity index (χ0v) is 20.2. The average molecular weight is 495 g/mol. The molecule has 3 aromatic rings. The Labute approximate surface area is 207 Å². The van der Waals surface area contributed by atoms with Gasteiger partial charge in [-0.2, -0.15) is 0 Å². The van der Waals surface area contributed by atoms with E-state index in [2.05, 4.69) is 22.4 Å². The monoisotopic (exact) mass is 494 g/mol. The van der Waals surface area contributed by atoms with Crippen molar-refractivity contribution in [3.63, 3.8) is 0 Å². The quantitative estimate of drug-likeness (QED) is 0.467. The van der Waals surface area contributed by atoms with E-state index in [4.69, 9.17) is 9.84 Å². The number of hydrogen-bond donors (Lipinski definition) is 2. The van der Waals surface area contributed by atoms with Gasteiger partial charge in [0.2, 0.25) is 0 Å². The first-order valence-corrected chi connectivity index (χ1v) is 11.9. The van der Waals surface area contributed by atoms with E-state index >= 15 is 0 Å². The van der Waals surface area contributed by atoms with Gasteiger partial charge in [0, 0.05) is 24.4 Å². The van der Waals surface area contributed by atoms with E-state index in [0.717, 1.165) is 33.6 Å². The predicted octanol–water partition coefficient (Wildman–Crippen LogP) is 3.59. The van der Waals surface area contributed by atoms with Crippen molar-refractivity contribution >= 4 is 34.4 Å². The minimum atomic E-state index is -1.11. The van der Waals surface area contributed by atoms with E-state index in [9.17, 15) is 14.4 Å². The van der Waals surface area contributed by atoms with Crippen molar-refractivity contribution in [2.45, 2.75) is 5.92 Å². The lowest BCUT2D eigenvalue weighted by Crippen LogP contribution is -2.40. The molecule has 0 atom stereocenters. The van der Waals surface area contributed by atoms with Gasteiger partial charge < -0.3 is 19.6 Å². The number of likely N-dealkylation sites (N-methyl/N-ethyl adjacent to an activating group) is 1. The summed E-state index contributed by atoms with van der Waals surface area (Å²) in [6.45, 7) is 0.478. The van der Waals surface area contributed by atoms with Crippen LogP contribution in [0.15, 0.2) is 53.9 Å². The van der Waals surface area contributed by atoms with Gasteiger partial charge in [-0.05, 0) is 36.3 Å². The number of nitrogens with zero attached hydrogens (tertiary/aromatic N) is 3. The van der Waals surface area contributed by atoms with Crippen LogP contribution in [0.3, 0.4) is 0 Å². The highest BCUT2D eigenvalue weighted by atomic mass is 32.1. The summed E-state index contributed by atoms with van der Waals surface area (Å²) >= 11 is 1.07. The van der Waals surface area contributed by atoms with Crippen LogP contribution in [0.1, 0.15) is 27.5 Å². The highest BCUT2D eigenvalue weighted by Gasteiger charge is 2.29. The van der Waals surface area contributed by atoms with E-state index in [-0.39, 0.29) is 29.9 Å². The summed E-state index contributed by atoms with van der Waals surface area (Å²) in [4.78, 5) is 43.7. The van der Waals surface area contributed by atoms with Crippen LogP contribution in [0, 0.1) is 0 Å². The summed E-state index contributed by atoms with van der Waals surface area (Å²) < 4.78 is 5.52. The van der Waals surface area contributed by atoms with Crippen LogP contribution in [0.25, 0.3) is 11.1 Å². The molecule has 0 radical (unpaired) electrons. The van der Waals surface area contributed by atoms with Gasteiger partial charge in [0.15, 0.2) is 5.13 Å². The molecule has 0 fully saturated rings. The van der Waals surface area contributed by atoms with Crippen molar-refractivity contribution < 1.29 is 24.2 Å². The van der Waals surface area contributed by atoms with Gasteiger partial charge >= 0.3 is 12.1 Å². The number of aromatic nitrogens is 1. The zero-order valence-electron chi connectivity index (χ0n) is 19.4. The van der Waals surface area contributed by atoms with Crippen LogP contribution in [0.5, 0.6) is 0 Å². The van der Waals surface area contributed by atoms with Crippen molar-refractivity contribution in [2.75, 3.05) is 45.7 Å². The molecular weight excluding hydrogens is 468 g/mol. The molecule has 182 valence electrons. The Hall–Kier alpha value is -3.76. The van der Waals surface area contributed by atoms with Crippen LogP contribution in [0.4, 0.5) is 9.93 Å². The first-order valence-electron chi connectivity index (χ1n) is 11.1. The minimum absolute atomic E-state index is 0.0668. The second kappa shape index (κ2) is 10.7. The molecule has 0 unspecified atom stereocenters. The summed E-state index contributed by atoms with van der Waals surface area (Å²) in [5, 5.41) is 13.4. The number of hydrogen-bond acceptors (Lipinski definition) is 7. The molecule has 2 amide bonds. The molecule has 10 heteroatoms.